The molecule has 2 N–H and O–H groups in total. The molecule has 1 atom stereocenters. The van der Waals surface area contributed by atoms with Crippen molar-refractivity contribution in [2.45, 2.75) is 37.7 Å². The van der Waals surface area contributed by atoms with Gasteiger partial charge in [-0.3, -0.25) is 9.52 Å². The first kappa shape index (κ1) is 24.1. The van der Waals surface area contributed by atoms with E-state index >= 15 is 0 Å². The van der Waals surface area contributed by atoms with Crippen molar-refractivity contribution in [3.05, 3.63) is 78.4 Å². The predicted octanol–water partition coefficient (Wildman–Crippen LogP) is 5.03. The van der Waals surface area contributed by atoms with Gasteiger partial charge in [-0.1, -0.05) is 26.0 Å². The molecule has 0 aliphatic heterocycles. The topological polar surface area (TPSA) is 93.7 Å². The molecule has 0 aromatic heterocycles. The summed E-state index contributed by atoms with van der Waals surface area (Å²) in [7, 11) is -2.24. The molecule has 3 aromatic rings. The van der Waals surface area contributed by atoms with Gasteiger partial charge in [0.25, 0.3) is 15.9 Å². The maximum Gasteiger partial charge on any atom is 0.265 e. The average molecular weight is 469 g/mol. The Kier molecular flexibility index (Phi) is 7.60. The monoisotopic (exact) mass is 468 g/mol. The molecule has 8 heteroatoms. The number of nitrogens with one attached hydrogen (secondary N) is 2. The van der Waals surface area contributed by atoms with Gasteiger partial charge in [-0.15, -0.1) is 0 Å². The van der Waals surface area contributed by atoms with E-state index in [0.717, 1.165) is 0 Å². The van der Waals surface area contributed by atoms with Gasteiger partial charge in [0, 0.05) is 11.4 Å². The summed E-state index contributed by atoms with van der Waals surface area (Å²) in [6.45, 7) is 5.87. The van der Waals surface area contributed by atoms with Crippen LogP contribution in [0.15, 0.2) is 77.7 Å². The van der Waals surface area contributed by atoms with Gasteiger partial charge < -0.3 is 14.8 Å². The lowest BCUT2D eigenvalue weighted by Crippen LogP contribution is -2.30. The molecule has 0 saturated carbocycles. The molecular formula is C25H28N2O5S. The first-order valence-corrected chi connectivity index (χ1v) is 12.0. The third-order valence-electron chi connectivity index (χ3n) is 5.00. The quantitative estimate of drug-likeness (QED) is 0.460. The maximum absolute atomic E-state index is 12.6. The third kappa shape index (κ3) is 6.49. The van der Waals surface area contributed by atoms with Crippen LogP contribution in [0.5, 0.6) is 11.5 Å². The van der Waals surface area contributed by atoms with Gasteiger partial charge in [0.05, 0.1) is 12.0 Å². The largest absolute Gasteiger partial charge is 0.497 e. The minimum atomic E-state index is -3.77. The number of ether oxygens (including phenoxy) is 2. The Hall–Kier alpha value is -3.52. The van der Waals surface area contributed by atoms with Crippen LogP contribution in [0.2, 0.25) is 0 Å². The second kappa shape index (κ2) is 10.4. The highest BCUT2D eigenvalue weighted by atomic mass is 32.2. The number of benzene rings is 3. The molecule has 0 fully saturated rings. The second-order valence-electron chi connectivity index (χ2n) is 7.83. The Bertz CT molecular complexity index is 1170. The molecule has 0 saturated heterocycles. The fourth-order valence-electron chi connectivity index (χ4n) is 3.02. The molecule has 3 aromatic carbocycles. The van der Waals surface area contributed by atoms with E-state index in [1.54, 1.807) is 31.2 Å². The number of rotatable bonds is 9. The predicted molar refractivity (Wildman–Crippen MR) is 129 cm³/mol. The van der Waals surface area contributed by atoms with Crippen LogP contribution in [0.4, 0.5) is 11.4 Å². The Morgan fingerprint density at radius 3 is 1.88 bits per heavy atom. The molecule has 0 radical (unpaired) electrons. The molecular weight excluding hydrogens is 440 g/mol. The zero-order chi connectivity index (χ0) is 24.0. The van der Waals surface area contributed by atoms with Gasteiger partial charge in [0.15, 0.2) is 6.10 Å². The number of methoxy groups -OCH3 is 1. The van der Waals surface area contributed by atoms with Crippen LogP contribution in [-0.2, 0) is 14.8 Å². The van der Waals surface area contributed by atoms with Crippen LogP contribution < -0.4 is 19.5 Å². The molecule has 7 nitrogen and oxygen atoms in total. The van der Waals surface area contributed by atoms with Crippen molar-refractivity contribution in [2.75, 3.05) is 17.1 Å². The molecule has 3 rings (SSSR count). The number of anilines is 2. The highest BCUT2D eigenvalue weighted by Gasteiger charge is 2.17. The van der Waals surface area contributed by atoms with Crippen LogP contribution >= 0.6 is 0 Å². The number of amides is 1. The summed E-state index contributed by atoms with van der Waals surface area (Å²) in [6, 6.07) is 20.1. The third-order valence-corrected chi connectivity index (χ3v) is 6.40. The lowest BCUT2D eigenvalue weighted by atomic mass is 10.0. The summed E-state index contributed by atoms with van der Waals surface area (Å²) in [5.41, 5.74) is 2.07. The average Bonchev–Trinajstić information content (AvgIpc) is 2.80. The zero-order valence-electron chi connectivity index (χ0n) is 19.0. The van der Waals surface area contributed by atoms with Crippen LogP contribution in [-0.4, -0.2) is 27.5 Å². The van der Waals surface area contributed by atoms with Gasteiger partial charge in [-0.05, 0) is 79.1 Å². The van der Waals surface area contributed by atoms with Crippen molar-refractivity contribution in [1.82, 2.24) is 0 Å². The van der Waals surface area contributed by atoms with E-state index in [-0.39, 0.29) is 10.8 Å². The van der Waals surface area contributed by atoms with Crippen molar-refractivity contribution in [2.24, 2.45) is 0 Å². The van der Waals surface area contributed by atoms with E-state index in [4.69, 9.17) is 9.47 Å². The summed E-state index contributed by atoms with van der Waals surface area (Å²) in [5.74, 6) is 1.31. The lowest BCUT2D eigenvalue weighted by molar-refractivity contribution is -0.122. The Balaban J connectivity index is 1.60. The molecule has 0 spiro atoms. The van der Waals surface area contributed by atoms with Crippen LogP contribution in [0.25, 0.3) is 0 Å². The van der Waals surface area contributed by atoms with Gasteiger partial charge in [-0.25, -0.2) is 8.42 Å². The molecule has 1 unspecified atom stereocenters. The SMILES string of the molecule is COc1ccc(NS(=O)(=O)c2ccc(NC(=O)C(C)Oc3ccc(C(C)C)cc3)cc2)cc1. The second-order valence-corrected chi connectivity index (χ2v) is 9.51. The Labute approximate surface area is 194 Å². The van der Waals surface area contributed by atoms with E-state index in [1.807, 2.05) is 24.3 Å². The van der Waals surface area contributed by atoms with E-state index in [1.165, 1.54) is 36.9 Å². The van der Waals surface area contributed by atoms with Crippen LogP contribution in [0, 0.1) is 0 Å². The van der Waals surface area contributed by atoms with Crippen molar-refractivity contribution in [3.63, 3.8) is 0 Å². The highest BCUT2D eigenvalue weighted by molar-refractivity contribution is 7.92. The summed E-state index contributed by atoms with van der Waals surface area (Å²) < 4.78 is 38.5. The summed E-state index contributed by atoms with van der Waals surface area (Å²) >= 11 is 0. The van der Waals surface area contributed by atoms with Crippen LogP contribution in [0.3, 0.4) is 0 Å². The van der Waals surface area contributed by atoms with Crippen molar-refractivity contribution < 1.29 is 22.7 Å². The minimum absolute atomic E-state index is 0.0749. The van der Waals surface area contributed by atoms with Crippen molar-refractivity contribution in [1.29, 1.82) is 0 Å². The van der Waals surface area contributed by atoms with Gasteiger partial charge >= 0.3 is 0 Å². The smallest absolute Gasteiger partial charge is 0.265 e. The molecule has 1 amide bonds. The van der Waals surface area contributed by atoms with Crippen molar-refractivity contribution >= 4 is 27.3 Å². The number of carbonyl (C=O) groups is 1. The van der Waals surface area contributed by atoms with Gasteiger partial charge in [0.2, 0.25) is 0 Å². The Morgan fingerprint density at radius 2 is 1.33 bits per heavy atom. The zero-order valence-corrected chi connectivity index (χ0v) is 19.8. The molecule has 33 heavy (non-hydrogen) atoms. The van der Waals surface area contributed by atoms with E-state index in [0.29, 0.717) is 28.8 Å². The van der Waals surface area contributed by atoms with Crippen LogP contribution in [0.1, 0.15) is 32.3 Å². The normalized spacial score (nSPS) is 12.2. The molecule has 174 valence electrons. The van der Waals surface area contributed by atoms with E-state index < -0.39 is 16.1 Å². The number of hydrogen-bond acceptors (Lipinski definition) is 5. The summed E-state index contributed by atoms with van der Waals surface area (Å²) in [4.78, 5) is 12.6. The molecule has 0 heterocycles. The van der Waals surface area contributed by atoms with E-state index in [2.05, 4.69) is 23.9 Å². The number of sulfonamides is 1. The first-order valence-electron chi connectivity index (χ1n) is 10.5. The van der Waals surface area contributed by atoms with Gasteiger partial charge in [-0.2, -0.15) is 0 Å². The van der Waals surface area contributed by atoms with E-state index in [9.17, 15) is 13.2 Å². The number of hydrogen-bond donors (Lipinski definition) is 2. The fourth-order valence-corrected chi connectivity index (χ4v) is 4.08. The molecule has 0 aliphatic carbocycles. The summed E-state index contributed by atoms with van der Waals surface area (Å²) in [5, 5.41) is 2.74. The number of carbonyl (C=O) groups excluding carboxylic acids is 1. The van der Waals surface area contributed by atoms with Gasteiger partial charge in [0.1, 0.15) is 11.5 Å². The fraction of sp³-hybridized carbons (Fsp3) is 0.240. The highest BCUT2D eigenvalue weighted by Crippen LogP contribution is 2.22. The van der Waals surface area contributed by atoms with Crippen molar-refractivity contribution in [3.8, 4) is 11.5 Å². The molecule has 0 aliphatic rings. The minimum Gasteiger partial charge on any atom is -0.497 e. The standard InChI is InChI=1S/C25H28N2O5S/c1-17(2)19-5-11-23(12-6-19)32-18(3)25(28)26-20-9-15-24(16-10-20)33(29,30)27-21-7-13-22(31-4)14-8-21/h5-18,27H,1-4H3,(H,26,28). The lowest BCUT2D eigenvalue weighted by Gasteiger charge is -2.16. The Morgan fingerprint density at radius 1 is 0.788 bits per heavy atom. The summed E-state index contributed by atoms with van der Waals surface area (Å²) in [6.07, 6.45) is -0.727. The first-order chi connectivity index (χ1) is 15.7. The maximum atomic E-state index is 12.6. The molecule has 0 bridgehead atoms.